The summed E-state index contributed by atoms with van der Waals surface area (Å²) in [4.78, 5) is 0. The summed E-state index contributed by atoms with van der Waals surface area (Å²) < 4.78 is 20.9. The molecule has 1 saturated carbocycles. The molecule has 0 bridgehead atoms. The monoisotopic (exact) mass is 178 g/mol. The van der Waals surface area contributed by atoms with E-state index in [1.165, 1.54) is 12.8 Å². The van der Waals surface area contributed by atoms with Gasteiger partial charge in [-0.3, -0.25) is 0 Å². The van der Waals surface area contributed by atoms with E-state index in [1.807, 2.05) is 0 Å². The lowest BCUT2D eigenvalue weighted by atomic mass is 10.4. The highest BCUT2D eigenvalue weighted by atomic mass is 32.2. The van der Waals surface area contributed by atoms with Crippen LogP contribution in [0.15, 0.2) is 0 Å². The zero-order valence-electron chi connectivity index (χ0n) is 6.41. The van der Waals surface area contributed by atoms with Crippen LogP contribution < -0.4 is 10.5 Å². The normalized spacial score (nSPS) is 18.6. The van der Waals surface area contributed by atoms with Gasteiger partial charge in [0.1, 0.15) is 0 Å². The van der Waals surface area contributed by atoms with E-state index in [9.17, 15) is 8.42 Å². The van der Waals surface area contributed by atoms with Crippen molar-refractivity contribution in [2.24, 2.45) is 11.1 Å². The van der Waals surface area contributed by atoms with Crippen molar-refractivity contribution < 1.29 is 8.42 Å². The third-order valence-electron chi connectivity index (χ3n) is 1.69. The van der Waals surface area contributed by atoms with Crippen LogP contribution in [0.4, 0.5) is 0 Å². The van der Waals surface area contributed by atoms with Gasteiger partial charge in [-0.05, 0) is 25.3 Å². The quantitative estimate of drug-likeness (QED) is 0.545. The number of hydrogen-bond donors (Lipinski definition) is 2. The van der Waals surface area contributed by atoms with Crippen molar-refractivity contribution in [2.45, 2.75) is 12.8 Å². The fourth-order valence-electron chi connectivity index (χ4n) is 0.843. The highest BCUT2D eigenvalue weighted by Crippen LogP contribution is 2.27. The zero-order valence-corrected chi connectivity index (χ0v) is 7.23. The molecule has 0 aromatic heterocycles. The minimum atomic E-state index is -3.26. The molecule has 0 unspecified atom stereocenters. The van der Waals surface area contributed by atoms with Crippen molar-refractivity contribution in [1.29, 1.82) is 0 Å². The van der Waals surface area contributed by atoms with Crippen LogP contribution >= 0.6 is 0 Å². The Kier molecular flexibility index (Phi) is 2.86. The first-order valence-electron chi connectivity index (χ1n) is 3.79. The lowest BCUT2D eigenvalue weighted by Gasteiger charge is -2.00. The molecule has 1 aliphatic carbocycles. The topological polar surface area (TPSA) is 72.2 Å². The van der Waals surface area contributed by atoms with Crippen molar-refractivity contribution in [3.63, 3.8) is 0 Å². The van der Waals surface area contributed by atoms with E-state index in [4.69, 9.17) is 5.14 Å². The Balaban J connectivity index is 1.95. The van der Waals surface area contributed by atoms with Crippen LogP contribution in [0.3, 0.4) is 0 Å². The van der Waals surface area contributed by atoms with E-state index < -0.39 is 10.0 Å². The molecule has 0 radical (unpaired) electrons. The SMILES string of the molecule is NS(=O)(=O)CCNCC1CC1. The number of nitrogens with two attached hydrogens (primary N) is 1. The summed E-state index contributed by atoms with van der Waals surface area (Å²) >= 11 is 0. The summed E-state index contributed by atoms with van der Waals surface area (Å²) in [5, 5.41) is 7.84. The summed E-state index contributed by atoms with van der Waals surface area (Å²) in [6.45, 7) is 1.42. The van der Waals surface area contributed by atoms with Crippen molar-refractivity contribution >= 4 is 10.0 Å². The van der Waals surface area contributed by atoms with E-state index in [1.54, 1.807) is 0 Å². The number of nitrogens with one attached hydrogen (secondary N) is 1. The maximum absolute atomic E-state index is 10.4. The Morgan fingerprint density at radius 3 is 2.55 bits per heavy atom. The Hall–Kier alpha value is -0.130. The number of primary sulfonamides is 1. The molecular formula is C6H14N2O2S. The molecule has 4 nitrogen and oxygen atoms in total. The summed E-state index contributed by atoms with van der Waals surface area (Å²) in [6, 6.07) is 0. The van der Waals surface area contributed by atoms with Gasteiger partial charge in [-0.2, -0.15) is 0 Å². The highest BCUT2D eigenvalue weighted by Gasteiger charge is 2.20. The molecule has 0 aliphatic heterocycles. The molecule has 0 amide bonds. The average molecular weight is 178 g/mol. The van der Waals surface area contributed by atoms with Gasteiger partial charge in [0.05, 0.1) is 5.75 Å². The van der Waals surface area contributed by atoms with Crippen LogP contribution in [0.1, 0.15) is 12.8 Å². The second-order valence-corrected chi connectivity index (χ2v) is 4.75. The summed E-state index contributed by atoms with van der Waals surface area (Å²) in [6.07, 6.45) is 2.56. The van der Waals surface area contributed by atoms with Gasteiger partial charge in [0.25, 0.3) is 0 Å². The first-order chi connectivity index (χ1) is 5.08. The Bertz CT molecular complexity index is 209. The number of sulfonamides is 1. The van der Waals surface area contributed by atoms with Crippen molar-refractivity contribution in [3.05, 3.63) is 0 Å². The molecule has 1 fully saturated rings. The molecule has 0 aromatic carbocycles. The molecule has 66 valence electrons. The lowest BCUT2D eigenvalue weighted by Crippen LogP contribution is -2.28. The van der Waals surface area contributed by atoms with Gasteiger partial charge in [-0.25, -0.2) is 13.6 Å². The van der Waals surface area contributed by atoms with Gasteiger partial charge in [0, 0.05) is 6.54 Å². The zero-order chi connectivity index (χ0) is 8.32. The molecule has 0 saturated heterocycles. The van der Waals surface area contributed by atoms with Crippen LogP contribution in [0.5, 0.6) is 0 Å². The molecule has 1 aliphatic rings. The van der Waals surface area contributed by atoms with Crippen LogP contribution in [-0.4, -0.2) is 27.3 Å². The van der Waals surface area contributed by atoms with E-state index in [2.05, 4.69) is 5.32 Å². The Morgan fingerprint density at radius 1 is 1.45 bits per heavy atom. The molecule has 0 aromatic rings. The van der Waals surface area contributed by atoms with Gasteiger partial charge in [-0.1, -0.05) is 0 Å². The predicted molar refractivity (Wildman–Crippen MR) is 43.6 cm³/mol. The summed E-state index contributed by atoms with van der Waals surface area (Å²) in [5.41, 5.74) is 0. The second-order valence-electron chi connectivity index (χ2n) is 3.01. The second kappa shape index (κ2) is 3.51. The fourth-order valence-corrected chi connectivity index (χ4v) is 1.27. The lowest BCUT2D eigenvalue weighted by molar-refractivity contribution is 0.589. The fraction of sp³-hybridized carbons (Fsp3) is 1.00. The minimum absolute atomic E-state index is 0.0414. The molecule has 0 atom stereocenters. The maximum atomic E-state index is 10.4. The smallest absolute Gasteiger partial charge is 0.210 e. The van der Waals surface area contributed by atoms with E-state index in [0.717, 1.165) is 12.5 Å². The Morgan fingerprint density at radius 2 is 2.09 bits per heavy atom. The van der Waals surface area contributed by atoms with E-state index in [-0.39, 0.29) is 5.75 Å². The van der Waals surface area contributed by atoms with Gasteiger partial charge < -0.3 is 5.32 Å². The summed E-state index contributed by atoms with van der Waals surface area (Å²) in [7, 11) is -3.26. The van der Waals surface area contributed by atoms with Crippen LogP contribution in [-0.2, 0) is 10.0 Å². The standard InChI is InChI=1S/C6H14N2O2S/c7-11(9,10)4-3-8-5-6-1-2-6/h6,8H,1-5H2,(H2,7,9,10). The number of rotatable bonds is 5. The molecule has 1 rings (SSSR count). The van der Waals surface area contributed by atoms with Gasteiger partial charge in [0.2, 0.25) is 10.0 Å². The van der Waals surface area contributed by atoms with Gasteiger partial charge in [0.15, 0.2) is 0 Å². The van der Waals surface area contributed by atoms with Crippen LogP contribution in [0.2, 0.25) is 0 Å². The van der Waals surface area contributed by atoms with E-state index >= 15 is 0 Å². The predicted octanol–water partition coefficient (Wildman–Crippen LogP) is -0.725. The van der Waals surface area contributed by atoms with Gasteiger partial charge >= 0.3 is 0 Å². The average Bonchev–Trinajstić information content (AvgIpc) is 2.60. The van der Waals surface area contributed by atoms with Crippen LogP contribution in [0, 0.1) is 5.92 Å². The summed E-state index contributed by atoms with van der Waals surface area (Å²) in [5.74, 6) is 0.829. The minimum Gasteiger partial charge on any atom is -0.315 e. The molecule has 3 N–H and O–H groups in total. The highest BCUT2D eigenvalue weighted by molar-refractivity contribution is 7.89. The van der Waals surface area contributed by atoms with E-state index in [0.29, 0.717) is 6.54 Å². The molecule has 0 spiro atoms. The Labute approximate surface area is 67.2 Å². The molecule has 0 heterocycles. The van der Waals surface area contributed by atoms with Gasteiger partial charge in [-0.15, -0.1) is 0 Å². The maximum Gasteiger partial charge on any atom is 0.210 e. The van der Waals surface area contributed by atoms with Crippen LogP contribution in [0.25, 0.3) is 0 Å². The first kappa shape index (κ1) is 8.96. The largest absolute Gasteiger partial charge is 0.315 e. The molecule has 11 heavy (non-hydrogen) atoms. The third kappa shape index (κ3) is 5.17. The van der Waals surface area contributed by atoms with Crippen molar-refractivity contribution in [2.75, 3.05) is 18.8 Å². The molecule has 5 heteroatoms. The molecular weight excluding hydrogens is 164 g/mol. The first-order valence-corrected chi connectivity index (χ1v) is 5.50. The van der Waals surface area contributed by atoms with Crippen molar-refractivity contribution in [3.8, 4) is 0 Å². The number of hydrogen-bond acceptors (Lipinski definition) is 3. The van der Waals surface area contributed by atoms with Crippen molar-refractivity contribution in [1.82, 2.24) is 5.32 Å². The third-order valence-corrected chi connectivity index (χ3v) is 2.47.